The Hall–Kier alpha value is -14.2. The third-order valence-electron chi connectivity index (χ3n) is 22.0. The Morgan fingerprint density at radius 1 is 0.120 bits per heavy atom. The molecular weight excluding hydrogens is 1300 g/mol. The SMILES string of the molecule is c1cc(-c2ccc(N(c3ccc(-c4cc5ccccc5c5ccccc45)cc3)c3cccc(-c4cccc(-c5cccc6c(-c7cccc(-c8ccc(N(c9ccc(-c%10cc%11ccccc%11c%11ccccc%10%11)cc9)c9cccc%10ccccc9%10)cc8)c7)cccc56)c4)c3)cc2)cc(-c2cccc3ccccc23)c1. The zero-order valence-corrected chi connectivity index (χ0v) is 59.3. The zero-order valence-electron chi connectivity index (χ0n) is 59.3. The third kappa shape index (κ3) is 11.6. The standard InChI is InChI=1S/C106H70N2/c1-5-35-91-73(21-1)25-17-43-92(91)81-31-13-27-77(65-81)71-49-57-86(58-50-71)107(87-61-53-75(54-62-87)104-69-84-23-3-6-36-93(84)98-39-9-11-41-102(98)104)90-34-16-30-80(68-90)79-29-15-33-83(67-79)96-45-20-46-100-95(44-19-47-101(96)100)82-32-14-28-78(66-82)72-51-59-88(60-52-72)108(106-48-18-26-74-22-2-8-38-97(74)106)89-63-55-76(56-64-89)105-70-85-24-4-7-37-94(85)99-40-10-12-42-103(99)105/h1-70H. The maximum atomic E-state index is 2.41. The molecule has 0 radical (unpaired) electrons. The zero-order chi connectivity index (χ0) is 71.4. The molecule has 20 aromatic carbocycles. The van der Waals surface area contributed by atoms with Crippen molar-refractivity contribution >= 4 is 110 Å². The average Bonchev–Trinajstić information content (AvgIpc) is 0.768. The fourth-order valence-corrected chi connectivity index (χ4v) is 16.8. The molecule has 0 heterocycles. The van der Waals surface area contributed by atoms with Crippen molar-refractivity contribution in [2.24, 2.45) is 0 Å². The van der Waals surface area contributed by atoms with Gasteiger partial charge in [0.05, 0.1) is 5.69 Å². The van der Waals surface area contributed by atoms with Crippen LogP contribution in [0.3, 0.4) is 0 Å². The summed E-state index contributed by atoms with van der Waals surface area (Å²) in [6, 6.07) is 156. The van der Waals surface area contributed by atoms with Gasteiger partial charge in [-0.15, -0.1) is 0 Å². The summed E-state index contributed by atoms with van der Waals surface area (Å²) in [4.78, 5) is 4.81. The smallest absolute Gasteiger partial charge is 0.0540 e. The molecule has 2 nitrogen and oxygen atoms in total. The van der Waals surface area contributed by atoms with Crippen LogP contribution in [0.15, 0.2) is 425 Å². The van der Waals surface area contributed by atoms with Gasteiger partial charge >= 0.3 is 0 Å². The summed E-state index contributed by atoms with van der Waals surface area (Å²) in [5.41, 5.74) is 25.4. The quantitative estimate of drug-likeness (QED) is 0.100. The van der Waals surface area contributed by atoms with Gasteiger partial charge in [-0.25, -0.2) is 0 Å². The van der Waals surface area contributed by atoms with E-state index in [4.69, 9.17) is 0 Å². The van der Waals surface area contributed by atoms with Gasteiger partial charge in [0.15, 0.2) is 0 Å². The fraction of sp³-hybridized carbons (Fsp3) is 0. The number of hydrogen-bond acceptors (Lipinski definition) is 2. The van der Waals surface area contributed by atoms with E-state index in [1.807, 2.05) is 0 Å². The fourth-order valence-electron chi connectivity index (χ4n) is 16.8. The molecule has 0 saturated carbocycles. The molecule has 0 fully saturated rings. The molecule has 0 amide bonds. The van der Waals surface area contributed by atoms with E-state index < -0.39 is 0 Å². The third-order valence-corrected chi connectivity index (χ3v) is 22.0. The maximum Gasteiger partial charge on any atom is 0.0540 e. The predicted molar refractivity (Wildman–Crippen MR) is 462 cm³/mol. The Balaban J connectivity index is 0.616. The van der Waals surface area contributed by atoms with Gasteiger partial charge in [0, 0.05) is 33.8 Å². The first-order chi connectivity index (χ1) is 53.5. The molecule has 0 unspecified atom stereocenters. The van der Waals surface area contributed by atoms with Crippen LogP contribution in [0.2, 0.25) is 0 Å². The number of rotatable bonds is 14. The molecule has 0 atom stereocenters. The molecule has 0 aliphatic rings. The Labute approximate surface area is 628 Å². The summed E-state index contributed by atoms with van der Waals surface area (Å²) in [6.45, 7) is 0. The minimum Gasteiger partial charge on any atom is -0.310 e. The topological polar surface area (TPSA) is 6.48 Å². The summed E-state index contributed by atoms with van der Waals surface area (Å²) in [5, 5.41) is 17.4. The van der Waals surface area contributed by atoms with Crippen molar-refractivity contribution in [3.05, 3.63) is 425 Å². The highest BCUT2D eigenvalue weighted by atomic mass is 15.1. The molecule has 0 saturated heterocycles. The van der Waals surface area contributed by atoms with E-state index in [0.717, 1.165) is 67.5 Å². The van der Waals surface area contributed by atoms with Crippen molar-refractivity contribution in [1.82, 2.24) is 0 Å². The van der Waals surface area contributed by atoms with Crippen LogP contribution in [0, 0.1) is 0 Å². The summed E-state index contributed by atoms with van der Waals surface area (Å²) in [5.74, 6) is 0. The van der Waals surface area contributed by atoms with Crippen LogP contribution in [-0.4, -0.2) is 0 Å². The Kier molecular flexibility index (Phi) is 16.0. The number of anilines is 6. The van der Waals surface area contributed by atoms with Crippen LogP contribution in [0.25, 0.3) is 164 Å². The molecule has 504 valence electrons. The lowest BCUT2D eigenvalue weighted by Crippen LogP contribution is -2.10. The summed E-state index contributed by atoms with van der Waals surface area (Å²) < 4.78 is 0. The Bertz CT molecular complexity index is 6840. The van der Waals surface area contributed by atoms with Gasteiger partial charge in [0.25, 0.3) is 0 Å². The summed E-state index contributed by atoms with van der Waals surface area (Å²) in [7, 11) is 0. The van der Waals surface area contributed by atoms with Gasteiger partial charge in [-0.2, -0.15) is 0 Å². The van der Waals surface area contributed by atoms with E-state index in [-0.39, 0.29) is 0 Å². The number of nitrogens with zero attached hydrogens (tertiary/aromatic N) is 2. The van der Waals surface area contributed by atoms with E-state index in [2.05, 4.69) is 434 Å². The number of hydrogen-bond donors (Lipinski definition) is 0. The molecule has 0 bridgehead atoms. The van der Waals surface area contributed by atoms with Crippen molar-refractivity contribution in [2.45, 2.75) is 0 Å². The van der Waals surface area contributed by atoms with Crippen molar-refractivity contribution < 1.29 is 0 Å². The van der Waals surface area contributed by atoms with Gasteiger partial charge in [-0.1, -0.05) is 328 Å². The summed E-state index contributed by atoms with van der Waals surface area (Å²) in [6.07, 6.45) is 0. The first kappa shape index (κ1) is 63.5. The molecule has 2 heteroatoms. The summed E-state index contributed by atoms with van der Waals surface area (Å²) >= 11 is 0. The molecule has 0 N–H and O–H groups in total. The van der Waals surface area contributed by atoms with Crippen LogP contribution in [-0.2, 0) is 0 Å². The normalized spacial score (nSPS) is 11.5. The lowest BCUT2D eigenvalue weighted by Gasteiger charge is -2.27. The van der Waals surface area contributed by atoms with Gasteiger partial charge in [0.1, 0.15) is 0 Å². The molecular formula is C106H70N2. The highest BCUT2D eigenvalue weighted by Gasteiger charge is 2.21. The lowest BCUT2D eigenvalue weighted by molar-refractivity contribution is 1.28. The Morgan fingerprint density at radius 2 is 0.407 bits per heavy atom. The van der Waals surface area contributed by atoms with Crippen molar-refractivity contribution in [2.75, 3.05) is 9.80 Å². The monoisotopic (exact) mass is 1370 g/mol. The lowest BCUT2D eigenvalue weighted by atomic mass is 9.91. The van der Waals surface area contributed by atoms with Crippen LogP contribution in [0.1, 0.15) is 0 Å². The van der Waals surface area contributed by atoms with Gasteiger partial charge in [0.2, 0.25) is 0 Å². The number of fused-ring (bicyclic) bond motifs is 9. The first-order valence-corrected chi connectivity index (χ1v) is 37.3. The second kappa shape index (κ2) is 27.1. The van der Waals surface area contributed by atoms with E-state index in [1.165, 1.54) is 131 Å². The van der Waals surface area contributed by atoms with E-state index in [1.54, 1.807) is 0 Å². The molecule has 0 aliphatic heterocycles. The second-order valence-corrected chi connectivity index (χ2v) is 28.3. The van der Waals surface area contributed by atoms with E-state index in [9.17, 15) is 0 Å². The van der Waals surface area contributed by atoms with Crippen LogP contribution in [0.4, 0.5) is 34.1 Å². The van der Waals surface area contributed by atoms with E-state index in [0.29, 0.717) is 0 Å². The van der Waals surface area contributed by atoms with Gasteiger partial charge in [-0.05, 0) is 256 Å². The van der Waals surface area contributed by atoms with Gasteiger partial charge < -0.3 is 9.80 Å². The van der Waals surface area contributed by atoms with Crippen LogP contribution in [0.5, 0.6) is 0 Å². The minimum absolute atomic E-state index is 1.07. The van der Waals surface area contributed by atoms with Crippen molar-refractivity contribution in [3.8, 4) is 89.0 Å². The molecule has 20 rings (SSSR count). The Morgan fingerprint density at radius 3 is 0.880 bits per heavy atom. The highest BCUT2D eigenvalue weighted by Crippen LogP contribution is 2.46. The maximum absolute atomic E-state index is 2.41. The highest BCUT2D eigenvalue weighted by molar-refractivity contribution is 6.16. The molecule has 108 heavy (non-hydrogen) atoms. The second-order valence-electron chi connectivity index (χ2n) is 28.3. The first-order valence-electron chi connectivity index (χ1n) is 37.3. The van der Waals surface area contributed by atoms with Crippen molar-refractivity contribution in [1.29, 1.82) is 0 Å². The minimum atomic E-state index is 1.07. The van der Waals surface area contributed by atoms with E-state index >= 15 is 0 Å². The van der Waals surface area contributed by atoms with Gasteiger partial charge in [-0.3, -0.25) is 0 Å². The molecule has 0 spiro atoms. The molecule has 20 aromatic rings. The molecule has 0 aromatic heterocycles. The van der Waals surface area contributed by atoms with Crippen LogP contribution >= 0.6 is 0 Å². The molecule has 0 aliphatic carbocycles. The van der Waals surface area contributed by atoms with Crippen LogP contribution < -0.4 is 9.80 Å². The number of benzene rings is 20. The predicted octanol–water partition coefficient (Wildman–Crippen LogP) is 30.0. The average molecular weight is 1370 g/mol. The largest absolute Gasteiger partial charge is 0.310 e. The van der Waals surface area contributed by atoms with Crippen molar-refractivity contribution in [3.63, 3.8) is 0 Å².